The number of nitrogens with zero attached hydrogens (tertiary/aromatic N) is 3. The maximum Gasteiger partial charge on any atom is 0.236 e. The van der Waals surface area contributed by atoms with Gasteiger partial charge < -0.3 is 9.64 Å². The predicted octanol–water partition coefficient (Wildman–Crippen LogP) is 1.04. The molecule has 2 saturated heterocycles. The van der Waals surface area contributed by atoms with Crippen LogP contribution in [0.1, 0.15) is 32.6 Å². The second kappa shape index (κ2) is 8.71. The van der Waals surface area contributed by atoms with E-state index < -0.39 is 0 Å². The van der Waals surface area contributed by atoms with Gasteiger partial charge in [0, 0.05) is 52.4 Å². The summed E-state index contributed by atoms with van der Waals surface area (Å²) in [6, 6.07) is 0.481. The monoisotopic (exact) mass is 297 g/mol. The third-order valence-corrected chi connectivity index (χ3v) is 4.85. The van der Waals surface area contributed by atoms with Crippen molar-refractivity contribution >= 4 is 5.91 Å². The van der Waals surface area contributed by atoms with Crippen LogP contribution in [0.25, 0.3) is 0 Å². The number of ether oxygens (including phenoxy) is 1. The highest BCUT2D eigenvalue weighted by atomic mass is 16.5. The fourth-order valence-corrected chi connectivity index (χ4v) is 3.43. The van der Waals surface area contributed by atoms with Crippen molar-refractivity contribution < 1.29 is 9.53 Å². The Morgan fingerprint density at radius 2 is 1.81 bits per heavy atom. The van der Waals surface area contributed by atoms with Gasteiger partial charge in [-0.05, 0) is 25.7 Å². The lowest BCUT2D eigenvalue weighted by atomic mass is 10.00. The van der Waals surface area contributed by atoms with Gasteiger partial charge in [0.25, 0.3) is 0 Å². The first kappa shape index (κ1) is 16.7. The molecule has 0 saturated carbocycles. The summed E-state index contributed by atoms with van der Waals surface area (Å²) in [4.78, 5) is 19.4. The summed E-state index contributed by atoms with van der Waals surface area (Å²) in [6.07, 6.45) is 4.73. The zero-order valence-electron chi connectivity index (χ0n) is 13.7. The summed E-state index contributed by atoms with van der Waals surface area (Å²) >= 11 is 0. The molecule has 0 aromatic carbocycles. The average molecular weight is 297 g/mol. The van der Waals surface area contributed by atoms with Crippen LogP contribution in [0.4, 0.5) is 0 Å². The smallest absolute Gasteiger partial charge is 0.236 e. The second-order valence-corrected chi connectivity index (χ2v) is 6.26. The molecule has 0 aromatic heterocycles. The summed E-state index contributed by atoms with van der Waals surface area (Å²) in [7, 11) is 1.75. The molecule has 5 heteroatoms. The summed E-state index contributed by atoms with van der Waals surface area (Å²) in [5, 5.41) is 0. The Bertz CT molecular complexity index is 317. The Morgan fingerprint density at radius 1 is 1.10 bits per heavy atom. The zero-order chi connectivity index (χ0) is 15.1. The highest BCUT2D eigenvalue weighted by molar-refractivity contribution is 5.78. The summed E-state index contributed by atoms with van der Waals surface area (Å²) in [5.74, 6) is 0.340. The lowest BCUT2D eigenvalue weighted by Gasteiger charge is -2.38. The van der Waals surface area contributed by atoms with Gasteiger partial charge in [-0.25, -0.2) is 0 Å². The fraction of sp³-hybridized carbons (Fsp3) is 0.938. The zero-order valence-corrected chi connectivity index (χ0v) is 13.7. The van der Waals surface area contributed by atoms with Crippen molar-refractivity contribution in [1.82, 2.24) is 14.7 Å². The molecule has 0 bridgehead atoms. The highest BCUT2D eigenvalue weighted by Crippen LogP contribution is 2.19. The van der Waals surface area contributed by atoms with Crippen LogP contribution in [0.2, 0.25) is 0 Å². The molecule has 1 atom stereocenters. The average Bonchev–Trinajstić information content (AvgIpc) is 2.54. The van der Waals surface area contributed by atoms with Crippen LogP contribution in [0, 0.1) is 0 Å². The molecule has 0 spiro atoms. The number of rotatable bonds is 6. The predicted molar refractivity (Wildman–Crippen MR) is 84.4 cm³/mol. The van der Waals surface area contributed by atoms with E-state index in [0.717, 1.165) is 52.3 Å². The van der Waals surface area contributed by atoms with Crippen molar-refractivity contribution in [2.24, 2.45) is 0 Å². The van der Waals surface area contributed by atoms with Crippen molar-refractivity contribution in [2.75, 3.05) is 59.5 Å². The molecule has 0 radical (unpaired) electrons. The molecular weight excluding hydrogens is 266 g/mol. The van der Waals surface area contributed by atoms with Crippen molar-refractivity contribution in [3.63, 3.8) is 0 Å². The van der Waals surface area contributed by atoms with Crippen molar-refractivity contribution in [1.29, 1.82) is 0 Å². The molecule has 122 valence electrons. The van der Waals surface area contributed by atoms with E-state index in [-0.39, 0.29) is 0 Å². The van der Waals surface area contributed by atoms with Gasteiger partial charge in [0.1, 0.15) is 0 Å². The molecule has 0 aromatic rings. The Kier molecular flexibility index (Phi) is 6.93. The van der Waals surface area contributed by atoms with Gasteiger partial charge in [0.05, 0.1) is 13.2 Å². The van der Waals surface area contributed by atoms with E-state index in [1.54, 1.807) is 7.11 Å². The van der Waals surface area contributed by atoms with Crippen molar-refractivity contribution in [2.45, 2.75) is 38.6 Å². The van der Waals surface area contributed by atoms with E-state index in [1.165, 1.54) is 19.3 Å². The van der Waals surface area contributed by atoms with E-state index in [9.17, 15) is 4.79 Å². The number of carbonyl (C=O) groups is 1. The molecule has 2 heterocycles. The van der Waals surface area contributed by atoms with E-state index in [2.05, 4.69) is 21.6 Å². The second-order valence-electron chi connectivity index (χ2n) is 6.26. The summed E-state index contributed by atoms with van der Waals surface area (Å²) < 4.78 is 5.12. The van der Waals surface area contributed by atoms with Gasteiger partial charge in [-0.1, -0.05) is 6.92 Å². The largest absolute Gasteiger partial charge is 0.383 e. The Morgan fingerprint density at radius 3 is 2.48 bits per heavy atom. The lowest BCUT2D eigenvalue weighted by molar-refractivity contribution is -0.136. The molecule has 2 aliphatic heterocycles. The molecule has 1 amide bonds. The summed E-state index contributed by atoms with van der Waals surface area (Å²) in [5.41, 5.74) is 0. The highest BCUT2D eigenvalue weighted by Gasteiger charge is 2.27. The molecule has 21 heavy (non-hydrogen) atoms. The van der Waals surface area contributed by atoms with Gasteiger partial charge in [0.15, 0.2) is 0 Å². The van der Waals surface area contributed by atoms with Gasteiger partial charge in [-0.15, -0.1) is 0 Å². The third kappa shape index (κ3) is 4.94. The van der Waals surface area contributed by atoms with Crippen LogP contribution < -0.4 is 0 Å². The number of methoxy groups -OCH3 is 1. The first-order chi connectivity index (χ1) is 10.2. The number of amides is 1. The Balaban J connectivity index is 1.73. The number of likely N-dealkylation sites (tertiary alicyclic amines) is 1. The topological polar surface area (TPSA) is 36.0 Å². The van der Waals surface area contributed by atoms with E-state index in [4.69, 9.17) is 4.74 Å². The minimum Gasteiger partial charge on any atom is -0.383 e. The van der Waals surface area contributed by atoms with E-state index in [1.807, 2.05) is 0 Å². The van der Waals surface area contributed by atoms with Gasteiger partial charge >= 0.3 is 0 Å². The van der Waals surface area contributed by atoms with Gasteiger partial charge in [-0.2, -0.15) is 0 Å². The first-order valence-corrected chi connectivity index (χ1v) is 8.47. The molecule has 2 fully saturated rings. The standard InChI is InChI=1S/C16H31N3O2/c1-3-15-6-4-5-7-19(15)16(20)14-18-10-8-17(9-11-18)12-13-21-2/h15H,3-14H2,1-2H3/t15-/m1/s1. The van der Waals surface area contributed by atoms with Crippen molar-refractivity contribution in [3.05, 3.63) is 0 Å². The molecule has 5 nitrogen and oxygen atoms in total. The Hall–Kier alpha value is -0.650. The van der Waals surface area contributed by atoms with Crippen LogP contribution in [-0.4, -0.2) is 86.2 Å². The number of hydrogen-bond acceptors (Lipinski definition) is 4. The number of hydrogen-bond donors (Lipinski definition) is 0. The minimum atomic E-state index is 0.340. The van der Waals surface area contributed by atoms with Gasteiger partial charge in [-0.3, -0.25) is 14.6 Å². The molecule has 2 rings (SSSR count). The molecule has 0 unspecified atom stereocenters. The maximum atomic E-state index is 12.5. The SMILES string of the molecule is CC[C@@H]1CCCCN1C(=O)CN1CCN(CCOC)CC1. The summed E-state index contributed by atoms with van der Waals surface area (Å²) in [6.45, 7) is 9.67. The maximum absolute atomic E-state index is 12.5. The lowest BCUT2D eigenvalue weighted by Crippen LogP contribution is -2.52. The minimum absolute atomic E-state index is 0.340. The number of carbonyl (C=O) groups excluding carboxylic acids is 1. The molecule has 2 aliphatic rings. The normalized spacial score (nSPS) is 25.2. The van der Waals surface area contributed by atoms with Crippen LogP contribution in [0.5, 0.6) is 0 Å². The van der Waals surface area contributed by atoms with E-state index >= 15 is 0 Å². The number of piperazine rings is 1. The Labute approximate surface area is 129 Å². The number of piperidine rings is 1. The quantitative estimate of drug-likeness (QED) is 0.734. The molecular formula is C16H31N3O2. The van der Waals surface area contributed by atoms with Crippen LogP contribution in [0.3, 0.4) is 0 Å². The van der Waals surface area contributed by atoms with Crippen LogP contribution >= 0.6 is 0 Å². The van der Waals surface area contributed by atoms with Gasteiger partial charge in [0.2, 0.25) is 5.91 Å². The fourth-order valence-electron chi connectivity index (χ4n) is 3.43. The van der Waals surface area contributed by atoms with Crippen molar-refractivity contribution in [3.8, 4) is 0 Å². The van der Waals surface area contributed by atoms with Crippen LogP contribution in [0.15, 0.2) is 0 Å². The van der Waals surface area contributed by atoms with Crippen LogP contribution in [-0.2, 0) is 9.53 Å². The molecule has 0 N–H and O–H groups in total. The third-order valence-electron chi connectivity index (χ3n) is 4.85. The molecule has 0 aliphatic carbocycles. The van der Waals surface area contributed by atoms with E-state index in [0.29, 0.717) is 18.5 Å². The first-order valence-electron chi connectivity index (χ1n) is 8.47.